The highest BCUT2D eigenvalue weighted by Crippen LogP contribution is 2.62. The zero-order valence-electron chi connectivity index (χ0n) is 12.9. The monoisotopic (exact) mass is 296 g/mol. The zero-order valence-corrected chi connectivity index (χ0v) is 12.9. The van der Waals surface area contributed by atoms with Crippen molar-refractivity contribution in [3.8, 4) is 0 Å². The average molecular weight is 296 g/mol. The van der Waals surface area contributed by atoms with Crippen LogP contribution in [0.3, 0.4) is 0 Å². The first-order chi connectivity index (χ1) is 9.94. The Labute approximate surface area is 125 Å². The van der Waals surface area contributed by atoms with Crippen LogP contribution in [0.4, 0.5) is 0 Å². The van der Waals surface area contributed by atoms with E-state index < -0.39 is 0 Å². The van der Waals surface area contributed by atoms with Gasteiger partial charge in [-0.15, -0.1) is 0 Å². The third-order valence-corrected chi connectivity index (χ3v) is 5.43. The Bertz CT molecular complexity index is 430. The van der Waals surface area contributed by atoms with Gasteiger partial charge in [-0.1, -0.05) is 0 Å². The van der Waals surface area contributed by atoms with Crippen molar-refractivity contribution in [3.63, 3.8) is 0 Å². The lowest BCUT2D eigenvalue weighted by atomic mass is 9.48. The number of ether oxygens (including phenoxy) is 3. The molecular formula is C16H24O5. The summed E-state index contributed by atoms with van der Waals surface area (Å²) in [7, 11) is 1.38. The summed E-state index contributed by atoms with van der Waals surface area (Å²) < 4.78 is 16.0. The molecule has 0 aliphatic heterocycles. The molecule has 0 aromatic heterocycles. The lowest BCUT2D eigenvalue weighted by molar-refractivity contribution is -0.210. The van der Waals surface area contributed by atoms with Gasteiger partial charge in [0.2, 0.25) is 0 Å². The average Bonchev–Trinajstić information content (AvgIpc) is 2.41. The lowest BCUT2D eigenvalue weighted by Crippen LogP contribution is -2.58. The van der Waals surface area contributed by atoms with Crippen LogP contribution in [0.2, 0.25) is 0 Å². The summed E-state index contributed by atoms with van der Waals surface area (Å²) in [5.41, 5.74) is -0.149. The fourth-order valence-electron chi connectivity index (χ4n) is 5.23. The Balaban J connectivity index is 1.71. The van der Waals surface area contributed by atoms with Crippen LogP contribution >= 0.6 is 0 Å². The second kappa shape index (κ2) is 5.27. The molecule has 2 unspecified atom stereocenters. The van der Waals surface area contributed by atoms with E-state index >= 15 is 0 Å². The van der Waals surface area contributed by atoms with Crippen molar-refractivity contribution >= 4 is 11.9 Å². The molecule has 0 aromatic carbocycles. The van der Waals surface area contributed by atoms with Crippen molar-refractivity contribution in [1.82, 2.24) is 0 Å². The Morgan fingerprint density at radius 3 is 2.38 bits per heavy atom. The fraction of sp³-hybridized carbons (Fsp3) is 0.875. The summed E-state index contributed by atoms with van der Waals surface area (Å²) in [5, 5.41) is 0. The predicted octanol–water partition coefficient (Wildman–Crippen LogP) is 2.08. The molecule has 118 valence electrons. The Morgan fingerprint density at radius 2 is 1.81 bits per heavy atom. The van der Waals surface area contributed by atoms with Crippen molar-refractivity contribution in [2.75, 3.05) is 20.3 Å². The molecule has 5 nitrogen and oxygen atoms in total. The molecule has 0 aromatic rings. The van der Waals surface area contributed by atoms with Crippen LogP contribution in [0.1, 0.15) is 45.4 Å². The first-order valence-electron chi connectivity index (χ1n) is 7.78. The molecule has 4 aliphatic carbocycles. The number of carbonyl (C=O) groups excluding carboxylic acids is 2. The van der Waals surface area contributed by atoms with Gasteiger partial charge in [0.15, 0.2) is 0 Å². The Hall–Kier alpha value is -1.10. The molecule has 4 saturated carbocycles. The number of esters is 2. The van der Waals surface area contributed by atoms with Gasteiger partial charge in [-0.2, -0.15) is 0 Å². The van der Waals surface area contributed by atoms with Crippen LogP contribution < -0.4 is 0 Å². The SMILES string of the molecule is COC(=O)COC12CC3CC(CC(COC(C)=O)(C3)C1)C2. The topological polar surface area (TPSA) is 61.8 Å². The van der Waals surface area contributed by atoms with Gasteiger partial charge in [-0.3, -0.25) is 4.79 Å². The van der Waals surface area contributed by atoms with E-state index in [1.807, 2.05) is 0 Å². The summed E-state index contributed by atoms with van der Waals surface area (Å²) in [6, 6.07) is 0. The molecule has 0 radical (unpaired) electrons. The maximum Gasteiger partial charge on any atom is 0.331 e. The maximum absolute atomic E-state index is 11.4. The van der Waals surface area contributed by atoms with E-state index in [4.69, 9.17) is 9.47 Å². The van der Waals surface area contributed by atoms with Gasteiger partial charge in [0.1, 0.15) is 6.61 Å². The molecule has 5 heteroatoms. The highest BCUT2D eigenvalue weighted by molar-refractivity contribution is 5.70. The van der Waals surface area contributed by atoms with E-state index in [-0.39, 0.29) is 29.6 Å². The molecule has 2 atom stereocenters. The summed E-state index contributed by atoms with van der Waals surface area (Å²) in [6.45, 7) is 1.99. The Kier molecular flexibility index (Phi) is 3.72. The molecule has 4 rings (SSSR count). The van der Waals surface area contributed by atoms with E-state index in [9.17, 15) is 9.59 Å². The van der Waals surface area contributed by atoms with Gasteiger partial charge < -0.3 is 14.2 Å². The normalized spacial score (nSPS) is 40.1. The number of rotatable bonds is 5. The fourth-order valence-corrected chi connectivity index (χ4v) is 5.23. The van der Waals surface area contributed by atoms with E-state index in [0.29, 0.717) is 18.4 Å². The second-order valence-electron chi connectivity index (χ2n) is 7.29. The summed E-state index contributed by atoms with van der Waals surface area (Å²) >= 11 is 0. The highest BCUT2D eigenvalue weighted by atomic mass is 16.6. The third-order valence-electron chi connectivity index (χ3n) is 5.43. The van der Waals surface area contributed by atoms with Gasteiger partial charge in [0.05, 0.1) is 19.3 Å². The standard InChI is InChI=1S/C16H24O5/c1-11(17)20-10-15-4-12-3-13(5-15)7-16(6-12,9-15)21-8-14(18)19-2/h12-13H,3-10H2,1-2H3. The first kappa shape index (κ1) is 14.8. The molecule has 0 N–H and O–H groups in total. The zero-order chi connectivity index (χ0) is 15.1. The van der Waals surface area contributed by atoms with E-state index in [0.717, 1.165) is 32.1 Å². The molecular weight excluding hydrogens is 272 g/mol. The van der Waals surface area contributed by atoms with Gasteiger partial charge >= 0.3 is 11.9 Å². The van der Waals surface area contributed by atoms with Crippen molar-refractivity contribution in [3.05, 3.63) is 0 Å². The maximum atomic E-state index is 11.4. The highest BCUT2D eigenvalue weighted by Gasteiger charge is 2.58. The van der Waals surface area contributed by atoms with Gasteiger partial charge in [0, 0.05) is 12.3 Å². The molecule has 4 fully saturated rings. The van der Waals surface area contributed by atoms with E-state index in [2.05, 4.69) is 4.74 Å². The summed E-state index contributed by atoms with van der Waals surface area (Å²) in [5.74, 6) is 0.744. The van der Waals surface area contributed by atoms with Crippen LogP contribution in [-0.2, 0) is 23.8 Å². The number of hydrogen-bond donors (Lipinski definition) is 0. The predicted molar refractivity (Wildman–Crippen MR) is 74.4 cm³/mol. The largest absolute Gasteiger partial charge is 0.467 e. The lowest BCUT2D eigenvalue weighted by Gasteiger charge is -2.61. The van der Waals surface area contributed by atoms with E-state index in [1.165, 1.54) is 20.5 Å². The first-order valence-corrected chi connectivity index (χ1v) is 7.78. The Morgan fingerprint density at radius 1 is 1.14 bits per heavy atom. The van der Waals surface area contributed by atoms with Crippen LogP contribution in [0.25, 0.3) is 0 Å². The molecule has 0 saturated heterocycles. The summed E-state index contributed by atoms with van der Waals surface area (Å²) in [6.07, 6.45) is 6.47. The number of carbonyl (C=O) groups is 2. The van der Waals surface area contributed by atoms with Gasteiger partial charge in [-0.05, 0) is 50.4 Å². The van der Waals surface area contributed by atoms with Gasteiger partial charge in [0.25, 0.3) is 0 Å². The molecule has 0 heterocycles. The molecule has 21 heavy (non-hydrogen) atoms. The quantitative estimate of drug-likeness (QED) is 0.727. The number of hydrogen-bond acceptors (Lipinski definition) is 5. The van der Waals surface area contributed by atoms with Crippen molar-refractivity contribution in [2.45, 2.75) is 51.0 Å². The molecule has 4 aliphatic rings. The van der Waals surface area contributed by atoms with Crippen LogP contribution in [0.15, 0.2) is 0 Å². The summed E-state index contributed by atoms with van der Waals surface area (Å²) in [4.78, 5) is 22.5. The second-order valence-corrected chi connectivity index (χ2v) is 7.29. The number of methoxy groups -OCH3 is 1. The third kappa shape index (κ3) is 2.93. The van der Waals surface area contributed by atoms with Crippen LogP contribution in [0, 0.1) is 17.3 Å². The van der Waals surface area contributed by atoms with Crippen molar-refractivity contribution in [2.24, 2.45) is 17.3 Å². The minimum Gasteiger partial charge on any atom is -0.467 e. The van der Waals surface area contributed by atoms with Gasteiger partial charge in [-0.25, -0.2) is 4.79 Å². The van der Waals surface area contributed by atoms with E-state index in [1.54, 1.807) is 0 Å². The van der Waals surface area contributed by atoms with Crippen molar-refractivity contribution in [1.29, 1.82) is 0 Å². The molecule has 0 amide bonds. The smallest absolute Gasteiger partial charge is 0.331 e. The molecule has 4 bridgehead atoms. The molecule has 0 spiro atoms. The van der Waals surface area contributed by atoms with Crippen molar-refractivity contribution < 1.29 is 23.8 Å². The van der Waals surface area contributed by atoms with Crippen LogP contribution in [-0.4, -0.2) is 37.9 Å². The minimum absolute atomic E-state index is 0.0274. The minimum atomic E-state index is -0.320. The van der Waals surface area contributed by atoms with Crippen LogP contribution in [0.5, 0.6) is 0 Å².